The Hall–Kier alpha value is -2.92. The first kappa shape index (κ1) is 15.6. The summed E-state index contributed by atoms with van der Waals surface area (Å²) in [5.74, 6) is 0. The number of hydrogen-bond donors (Lipinski definition) is 1. The molecule has 2 aromatic heterocycles. The Balaban J connectivity index is 2.08. The smallest absolute Gasteiger partial charge is 0.277 e. The fraction of sp³-hybridized carbons (Fsp3) is 0.200. The highest BCUT2D eigenvalue weighted by atomic mass is 16.3. The summed E-state index contributed by atoms with van der Waals surface area (Å²) < 4.78 is 3.53. The number of imidazole rings is 1. The molecule has 2 heterocycles. The first-order valence-electron chi connectivity index (χ1n) is 8.33. The quantitative estimate of drug-likeness (QED) is 0.626. The summed E-state index contributed by atoms with van der Waals surface area (Å²) in [5, 5.41) is 10.8. The third-order valence-corrected chi connectivity index (χ3v) is 4.51. The molecule has 1 unspecified atom stereocenters. The maximum Gasteiger partial charge on any atom is 0.277 e. The van der Waals surface area contributed by atoms with Crippen molar-refractivity contribution < 1.29 is 5.11 Å². The summed E-state index contributed by atoms with van der Waals surface area (Å²) in [6, 6.07) is 17.0. The Morgan fingerprint density at radius 2 is 1.60 bits per heavy atom. The molecule has 1 atom stereocenters. The van der Waals surface area contributed by atoms with Crippen molar-refractivity contribution in [2.75, 3.05) is 0 Å². The van der Waals surface area contributed by atoms with Crippen molar-refractivity contribution in [1.82, 2.24) is 14.0 Å². The van der Waals surface area contributed by atoms with Gasteiger partial charge in [-0.15, -0.1) is 0 Å². The predicted octanol–water partition coefficient (Wildman–Crippen LogP) is 3.31. The van der Waals surface area contributed by atoms with Crippen LogP contribution in [0.3, 0.4) is 0 Å². The molecule has 2 aromatic carbocycles. The predicted molar refractivity (Wildman–Crippen MR) is 97.8 cm³/mol. The normalized spacial score (nSPS) is 13.0. The molecule has 0 aliphatic rings. The molecule has 25 heavy (non-hydrogen) atoms. The monoisotopic (exact) mass is 333 g/mol. The highest BCUT2D eigenvalue weighted by Gasteiger charge is 2.22. The molecule has 0 bridgehead atoms. The van der Waals surface area contributed by atoms with Gasteiger partial charge in [0, 0.05) is 6.04 Å². The van der Waals surface area contributed by atoms with Crippen LogP contribution >= 0.6 is 0 Å². The van der Waals surface area contributed by atoms with Crippen molar-refractivity contribution in [2.45, 2.75) is 26.0 Å². The van der Waals surface area contributed by atoms with E-state index in [-0.39, 0.29) is 11.6 Å². The number of nitrogens with zero attached hydrogens (tertiary/aromatic N) is 3. The SMILES string of the molecule is CC(C)n1c(=O)c2c(C(O)c3ccccc3)ncn2c2ccccc21. The highest BCUT2D eigenvalue weighted by molar-refractivity contribution is 5.79. The largest absolute Gasteiger partial charge is 0.382 e. The van der Waals surface area contributed by atoms with Crippen molar-refractivity contribution in [1.29, 1.82) is 0 Å². The van der Waals surface area contributed by atoms with Crippen LogP contribution in [0.2, 0.25) is 0 Å². The third-order valence-electron chi connectivity index (χ3n) is 4.51. The molecule has 0 saturated carbocycles. The summed E-state index contributed by atoms with van der Waals surface area (Å²) in [5.41, 5.74) is 3.13. The third kappa shape index (κ3) is 2.36. The zero-order valence-corrected chi connectivity index (χ0v) is 14.1. The molecule has 4 rings (SSSR count). The van der Waals surface area contributed by atoms with E-state index in [9.17, 15) is 9.90 Å². The van der Waals surface area contributed by atoms with E-state index in [0.29, 0.717) is 16.8 Å². The minimum atomic E-state index is -0.944. The van der Waals surface area contributed by atoms with Gasteiger partial charge in [0.05, 0.1) is 11.0 Å². The fourth-order valence-electron chi connectivity index (χ4n) is 3.36. The lowest BCUT2D eigenvalue weighted by atomic mass is 10.1. The van der Waals surface area contributed by atoms with E-state index in [4.69, 9.17) is 0 Å². The van der Waals surface area contributed by atoms with Crippen molar-refractivity contribution in [3.63, 3.8) is 0 Å². The number of aromatic nitrogens is 3. The molecule has 0 aliphatic heterocycles. The molecule has 0 saturated heterocycles. The Bertz CT molecular complexity index is 1110. The lowest BCUT2D eigenvalue weighted by Gasteiger charge is -2.16. The van der Waals surface area contributed by atoms with Crippen LogP contribution in [0.25, 0.3) is 16.6 Å². The number of rotatable bonds is 3. The molecule has 0 spiro atoms. The maximum atomic E-state index is 13.2. The number of hydrogen-bond acceptors (Lipinski definition) is 3. The van der Waals surface area contributed by atoms with Gasteiger partial charge in [0.2, 0.25) is 0 Å². The van der Waals surface area contributed by atoms with Crippen molar-refractivity contribution in [2.24, 2.45) is 0 Å². The van der Waals surface area contributed by atoms with Crippen molar-refractivity contribution in [3.8, 4) is 0 Å². The van der Waals surface area contributed by atoms with Gasteiger partial charge in [-0.05, 0) is 31.5 Å². The van der Waals surface area contributed by atoms with Crippen LogP contribution in [0, 0.1) is 0 Å². The zero-order chi connectivity index (χ0) is 17.6. The van der Waals surface area contributed by atoms with Crippen LogP contribution in [0.4, 0.5) is 0 Å². The van der Waals surface area contributed by atoms with Gasteiger partial charge in [-0.25, -0.2) is 4.98 Å². The van der Waals surface area contributed by atoms with Crippen LogP contribution in [0.15, 0.2) is 65.7 Å². The molecular weight excluding hydrogens is 314 g/mol. The first-order chi connectivity index (χ1) is 12.1. The van der Waals surface area contributed by atoms with Crippen LogP contribution in [-0.2, 0) is 0 Å². The summed E-state index contributed by atoms with van der Waals surface area (Å²) >= 11 is 0. The van der Waals surface area contributed by atoms with E-state index in [1.807, 2.05) is 68.4 Å². The van der Waals surface area contributed by atoms with Crippen molar-refractivity contribution >= 4 is 16.6 Å². The maximum absolute atomic E-state index is 13.2. The second-order valence-corrected chi connectivity index (χ2v) is 6.42. The minimum absolute atomic E-state index is 0.000909. The van der Waals surface area contributed by atoms with Gasteiger partial charge in [0.1, 0.15) is 23.6 Å². The topological polar surface area (TPSA) is 59.5 Å². The summed E-state index contributed by atoms with van der Waals surface area (Å²) in [6.45, 7) is 3.96. The Labute approximate surface area is 144 Å². The molecular formula is C20H19N3O2. The summed E-state index contributed by atoms with van der Waals surface area (Å²) in [6.07, 6.45) is 0.672. The van der Waals surface area contributed by atoms with E-state index in [2.05, 4.69) is 4.98 Å². The van der Waals surface area contributed by atoms with Gasteiger partial charge in [-0.2, -0.15) is 0 Å². The zero-order valence-electron chi connectivity index (χ0n) is 14.1. The molecule has 1 N–H and O–H groups in total. The minimum Gasteiger partial charge on any atom is -0.382 e. The first-order valence-corrected chi connectivity index (χ1v) is 8.33. The van der Waals surface area contributed by atoms with Gasteiger partial charge in [-0.1, -0.05) is 42.5 Å². The van der Waals surface area contributed by atoms with E-state index < -0.39 is 6.10 Å². The van der Waals surface area contributed by atoms with Crippen LogP contribution in [0.5, 0.6) is 0 Å². The van der Waals surface area contributed by atoms with Gasteiger partial charge >= 0.3 is 0 Å². The van der Waals surface area contributed by atoms with Gasteiger partial charge in [0.15, 0.2) is 0 Å². The van der Waals surface area contributed by atoms with Gasteiger partial charge in [0.25, 0.3) is 5.56 Å². The second-order valence-electron chi connectivity index (χ2n) is 6.42. The molecule has 0 aliphatic carbocycles. The molecule has 0 radical (unpaired) electrons. The van der Waals surface area contributed by atoms with Crippen LogP contribution in [-0.4, -0.2) is 19.1 Å². The standard InChI is InChI=1S/C20H19N3O2/c1-13(2)23-16-11-7-6-10-15(16)22-12-21-17(18(22)20(23)25)19(24)14-8-4-3-5-9-14/h3-13,19,24H,1-2H3. The number of para-hydroxylation sites is 2. The molecule has 0 fully saturated rings. The summed E-state index contributed by atoms with van der Waals surface area (Å²) in [4.78, 5) is 17.6. The number of aliphatic hydroxyl groups is 1. The van der Waals surface area contributed by atoms with Crippen LogP contribution in [0.1, 0.15) is 37.3 Å². The van der Waals surface area contributed by atoms with Crippen molar-refractivity contribution in [3.05, 3.63) is 82.5 Å². The highest BCUT2D eigenvalue weighted by Crippen LogP contribution is 2.26. The molecule has 5 nitrogen and oxygen atoms in total. The number of aliphatic hydroxyl groups excluding tert-OH is 1. The number of benzene rings is 2. The average molecular weight is 333 g/mol. The Morgan fingerprint density at radius 1 is 0.960 bits per heavy atom. The lowest BCUT2D eigenvalue weighted by Crippen LogP contribution is -2.25. The molecule has 0 amide bonds. The number of fused-ring (bicyclic) bond motifs is 3. The Morgan fingerprint density at radius 3 is 2.28 bits per heavy atom. The van der Waals surface area contributed by atoms with E-state index >= 15 is 0 Å². The van der Waals surface area contributed by atoms with Gasteiger partial charge in [-0.3, -0.25) is 9.20 Å². The molecule has 126 valence electrons. The second kappa shape index (κ2) is 5.86. The van der Waals surface area contributed by atoms with Gasteiger partial charge < -0.3 is 9.67 Å². The molecule has 5 heteroatoms. The summed E-state index contributed by atoms with van der Waals surface area (Å²) in [7, 11) is 0. The molecule has 4 aromatic rings. The fourth-order valence-corrected chi connectivity index (χ4v) is 3.36. The van der Waals surface area contributed by atoms with E-state index in [1.54, 1.807) is 15.3 Å². The van der Waals surface area contributed by atoms with Crippen LogP contribution < -0.4 is 5.56 Å². The Kier molecular flexibility index (Phi) is 3.66. The average Bonchev–Trinajstić information content (AvgIpc) is 3.07. The van der Waals surface area contributed by atoms with E-state index in [0.717, 1.165) is 11.0 Å². The van der Waals surface area contributed by atoms with E-state index in [1.165, 1.54) is 0 Å². The lowest BCUT2D eigenvalue weighted by molar-refractivity contribution is 0.217.